The highest BCUT2D eigenvalue weighted by atomic mass is 16.2. The number of aromatic nitrogens is 2. The van der Waals surface area contributed by atoms with E-state index in [1.54, 1.807) is 18.2 Å². The molecule has 1 amide bonds. The van der Waals surface area contributed by atoms with Gasteiger partial charge < -0.3 is 9.80 Å². The van der Waals surface area contributed by atoms with Crippen LogP contribution in [0.5, 0.6) is 0 Å². The van der Waals surface area contributed by atoms with Gasteiger partial charge in [0.15, 0.2) is 0 Å². The first-order valence-corrected chi connectivity index (χ1v) is 11.0. The SMILES string of the molecule is C=CCn1c(=O)c(=O)n(Cc2ccc(C(=O)N3CCN(CC)CC3)cc2)c2ccccc21. The maximum absolute atomic E-state index is 12.8. The molecule has 3 aromatic rings. The summed E-state index contributed by atoms with van der Waals surface area (Å²) >= 11 is 0. The highest BCUT2D eigenvalue weighted by Crippen LogP contribution is 2.14. The molecule has 1 aromatic heterocycles. The van der Waals surface area contributed by atoms with Crippen LogP contribution in [0.25, 0.3) is 11.0 Å². The number of hydrogen-bond donors (Lipinski definition) is 0. The van der Waals surface area contributed by atoms with Crippen molar-refractivity contribution in [1.29, 1.82) is 0 Å². The monoisotopic (exact) mass is 432 g/mol. The Morgan fingerprint density at radius 3 is 2.09 bits per heavy atom. The van der Waals surface area contributed by atoms with E-state index >= 15 is 0 Å². The van der Waals surface area contributed by atoms with Gasteiger partial charge in [-0.3, -0.25) is 23.5 Å². The molecule has 2 aromatic carbocycles. The van der Waals surface area contributed by atoms with Crippen molar-refractivity contribution in [2.24, 2.45) is 0 Å². The van der Waals surface area contributed by atoms with Crippen LogP contribution < -0.4 is 11.1 Å². The lowest BCUT2D eigenvalue weighted by Gasteiger charge is -2.34. The molecule has 166 valence electrons. The Bertz CT molecular complexity index is 1250. The second kappa shape index (κ2) is 9.36. The zero-order chi connectivity index (χ0) is 22.7. The molecule has 7 heteroatoms. The van der Waals surface area contributed by atoms with E-state index in [9.17, 15) is 14.4 Å². The van der Waals surface area contributed by atoms with Crippen molar-refractivity contribution in [1.82, 2.24) is 18.9 Å². The molecule has 0 spiro atoms. The Morgan fingerprint density at radius 1 is 0.906 bits per heavy atom. The van der Waals surface area contributed by atoms with E-state index in [-0.39, 0.29) is 19.0 Å². The fourth-order valence-electron chi connectivity index (χ4n) is 4.22. The van der Waals surface area contributed by atoms with Gasteiger partial charge in [0.25, 0.3) is 5.91 Å². The van der Waals surface area contributed by atoms with Crippen molar-refractivity contribution in [3.8, 4) is 0 Å². The summed E-state index contributed by atoms with van der Waals surface area (Å²) in [6.07, 6.45) is 1.61. The molecular weight excluding hydrogens is 404 g/mol. The predicted octanol–water partition coefficient (Wildman–Crippen LogP) is 2.18. The summed E-state index contributed by atoms with van der Waals surface area (Å²) in [5.41, 5.74) is 1.73. The van der Waals surface area contributed by atoms with E-state index in [1.807, 2.05) is 41.3 Å². The summed E-state index contributed by atoms with van der Waals surface area (Å²) in [6.45, 7) is 10.6. The number of allylic oxidation sites excluding steroid dienone is 1. The maximum atomic E-state index is 12.8. The number of carbonyl (C=O) groups excluding carboxylic acids is 1. The molecule has 32 heavy (non-hydrogen) atoms. The van der Waals surface area contributed by atoms with Gasteiger partial charge in [0, 0.05) is 38.3 Å². The average Bonchev–Trinajstić information content (AvgIpc) is 2.84. The minimum absolute atomic E-state index is 0.0296. The Kier molecular flexibility index (Phi) is 6.37. The first-order chi connectivity index (χ1) is 15.5. The van der Waals surface area contributed by atoms with Gasteiger partial charge in [-0.15, -0.1) is 6.58 Å². The second-order valence-electron chi connectivity index (χ2n) is 8.01. The molecule has 0 radical (unpaired) electrons. The smallest absolute Gasteiger partial charge is 0.317 e. The first-order valence-electron chi connectivity index (χ1n) is 11.0. The third kappa shape index (κ3) is 4.16. The van der Waals surface area contributed by atoms with Gasteiger partial charge in [-0.05, 0) is 36.4 Å². The van der Waals surface area contributed by atoms with Gasteiger partial charge in [0.1, 0.15) is 0 Å². The summed E-state index contributed by atoms with van der Waals surface area (Å²) in [6, 6.07) is 14.7. The quantitative estimate of drug-likeness (QED) is 0.442. The molecule has 7 nitrogen and oxygen atoms in total. The van der Waals surface area contributed by atoms with E-state index < -0.39 is 11.1 Å². The maximum Gasteiger partial charge on any atom is 0.317 e. The van der Waals surface area contributed by atoms with Crippen LogP contribution in [0, 0.1) is 0 Å². The van der Waals surface area contributed by atoms with Crippen molar-refractivity contribution >= 4 is 16.9 Å². The van der Waals surface area contributed by atoms with Crippen molar-refractivity contribution in [3.05, 3.63) is 93.0 Å². The number of fused-ring (bicyclic) bond motifs is 1. The molecule has 1 fully saturated rings. The normalized spacial score (nSPS) is 14.6. The van der Waals surface area contributed by atoms with Crippen LogP contribution in [-0.4, -0.2) is 57.6 Å². The summed E-state index contributed by atoms with van der Waals surface area (Å²) in [4.78, 5) is 42.6. The molecule has 2 heterocycles. The largest absolute Gasteiger partial charge is 0.336 e. The molecule has 1 aliphatic rings. The van der Waals surface area contributed by atoms with Crippen molar-refractivity contribution in [3.63, 3.8) is 0 Å². The van der Waals surface area contributed by atoms with Crippen LogP contribution in [0.3, 0.4) is 0 Å². The number of piperazine rings is 1. The Balaban J connectivity index is 1.59. The van der Waals surface area contributed by atoms with E-state index in [0.29, 0.717) is 16.6 Å². The van der Waals surface area contributed by atoms with Gasteiger partial charge in [-0.1, -0.05) is 37.3 Å². The van der Waals surface area contributed by atoms with E-state index in [0.717, 1.165) is 38.3 Å². The lowest BCUT2D eigenvalue weighted by molar-refractivity contribution is 0.0643. The minimum atomic E-state index is -0.570. The van der Waals surface area contributed by atoms with Crippen molar-refractivity contribution in [2.75, 3.05) is 32.7 Å². The number of para-hydroxylation sites is 2. The van der Waals surface area contributed by atoms with Gasteiger partial charge in [0.05, 0.1) is 17.6 Å². The lowest BCUT2D eigenvalue weighted by Crippen LogP contribution is -2.48. The molecule has 0 saturated carbocycles. The molecule has 0 unspecified atom stereocenters. The third-order valence-corrected chi connectivity index (χ3v) is 6.10. The zero-order valence-corrected chi connectivity index (χ0v) is 18.4. The number of carbonyl (C=O) groups is 1. The highest BCUT2D eigenvalue weighted by Gasteiger charge is 2.21. The summed E-state index contributed by atoms with van der Waals surface area (Å²) in [5, 5.41) is 0. The fourth-order valence-corrected chi connectivity index (χ4v) is 4.22. The number of rotatable bonds is 6. The average molecular weight is 433 g/mol. The van der Waals surface area contributed by atoms with E-state index in [4.69, 9.17) is 0 Å². The van der Waals surface area contributed by atoms with Crippen molar-refractivity contribution < 1.29 is 4.79 Å². The first kappa shape index (κ1) is 21.8. The molecular formula is C25H28N4O3. The van der Waals surface area contributed by atoms with E-state index in [2.05, 4.69) is 18.4 Å². The Morgan fingerprint density at radius 2 is 1.50 bits per heavy atom. The summed E-state index contributed by atoms with van der Waals surface area (Å²) in [7, 11) is 0. The second-order valence-corrected chi connectivity index (χ2v) is 8.01. The van der Waals surface area contributed by atoms with Crippen LogP contribution >= 0.6 is 0 Å². The predicted molar refractivity (Wildman–Crippen MR) is 126 cm³/mol. The van der Waals surface area contributed by atoms with Gasteiger partial charge >= 0.3 is 11.1 Å². The molecule has 1 aliphatic heterocycles. The lowest BCUT2D eigenvalue weighted by atomic mass is 10.1. The van der Waals surface area contributed by atoms with Crippen LogP contribution in [0.2, 0.25) is 0 Å². The highest BCUT2D eigenvalue weighted by molar-refractivity contribution is 5.94. The van der Waals surface area contributed by atoms with Crippen LogP contribution in [0.15, 0.2) is 70.8 Å². The van der Waals surface area contributed by atoms with Crippen LogP contribution in [0.1, 0.15) is 22.8 Å². The topological polar surface area (TPSA) is 67.5 Å². The zero-order valence-electron chi connectivity index (χ0n) is 18.4. The number of nitrogens with zero attached hydrogens (tertiary/aromatic N) is 4. The van der Waals surface area contributed by atoms with Gasteiger partial charge in [-0.2, -0.15) is 0 Å². The molecule has 0 bridgehead atoms. The van der Waals surface area contributed by atoms with Crippen LogP contribution in [0.4, 0.5) is 0 Å². The van der Waals surface area contributed by atoms with Gasteiger partial charge in [-0.25, -0.2) is 0 Å². The molecule has 0 aliphatic carbocycles. The fraction of sp³-hybridized carbons (Fsp3) is 0.320. The van der Waals surface area contributed by atoms with Crippen molar-refractivity contribution in [2.45, 2.75) is 20.0 Å². The number of benzene rings is 2. The summed E-state index contributed by atoms with van der Waals surface area (Å²) in [5.74, 6) is 0.0296. The molecule has 0 N–H and O–H groups in total. The van der Waals surface area contributed by atoms with Gasteiger partial charge in [0.2, 0.25) is 0 Å². The number of hydrogen-bond acceptors (Lipinski definition) is 4. The molecule has 0 atom stereocenters. The number of likely N-dealkylation sites (N-methyl/N-ethyl adjacent to an activating group) is 1. The van der Waals surface area contributed by atoms with Crippen LogP contribution in [-0.2, 0) is 13.1 Å². The molecule has 1 saturated heterocycles. The number of amides is 1. The van der Waals surface area contributed by atoms with E-state index in [1.165, 1.54) is 9.13 Å². The Hall–Kier alpha value is -3.45. The summed E-state index contributed by atoms with van der Waals surface area (Å²) < 4.78 is 2.94. The third-order valence-electron chi connectivity index (χ3n) is 6.10. The minimum Gasteiger partial charge on any atom is -0.336 e. The molecule has 4 rings (SSSR count). The Labute approximate surface area is 186 Å². The standard InChI is InChI=1S/C25H28N4O3/c1-3-13-28-21-7-5-6-8-22(21)29(25(32)24(28)31)18-19-9-11-20(12-10-19)23(30)27-16-14-26(4-2)15-17-27/h3,5-12H,1,4,13-18H2,2H3.